The predicted molar refractivity (Wildman–Crippen MR) is 126 cm³/mol. The molecule has 0 atom stereocenters. The van der Waals surface area contributed by atoms with E-state index < -0.39 is 16.0 Å². The average Bonchev–Trinajstić information content (AvgIpc) is 3.09. The molecule has 2 aromatic carbocycles. The molecule has 0 bridgehead atoms. The first-order chi connectivity index (χ1) is 15.3. The van der Waals surface area contributed by atoms with Crippen molar-refractivity contribution in [3.63, 3.8) is 0 Å². The number of esters is 1. The molecule has 1 aromatic heterocycles. The third-order valence-corrected chi connectivity index (χ3v) is 7.58. The van der Waals surface area contributed by atoms with E-state index in [9.17, 15) is 18.0 Å². The SMILES string of the molecule is COC(=O)Cn1c(=NC(=O)CCCSCc2ccccc2)sc2cc(S(N)(=O)=O)ccc21. The van der Waals surface area contributed by atoms with Crippen molar-refractivity contribution < 1.29 is 22.7 Å². The summed E-state index contributed by atoms with van der Waals surface area (Å²) in [7, 11) is -2.61. The van der Waals surface area contributed by atoms with Gasteiger partial charge in [0.1, 0.15) is 6.54 Å². The van der Waals surface area contributed by atoms with E-state index >= 15 is 0 Å². The van der Waals surface area contributed by atoms with E-state index in [-0.39, 0.29) is 23.8 Å². The second-order valence-electron chi connectivity index (χ2n) is 6.87. The van der Waals surface area contributed by atoms with Gasteiger partial charge in [-0.05, 0) is 35.9 Å². The number of ether oxygens (including phenoxy) is 1. The zero-order valence-corrected chi connectivity index (χ0v) is 19.8. The lowest BCUT2D eigenvalue weighted by Crippen LogP contribution is -2.22. The van der Waals surface area contributed by atoms with Gasteiger partial charge in [-0.25, -0.2) is 13.6 Å². The number of thiazole rings is 1. The Morgan fingerprint density at radius 1 is 1.19 bits per heavy atom. The summed E-state index contributed by atoms with van der Waals surface area (Å²) in [5.41, 5.74) is 1.80. The summed E-state index contributed by atoms with van der Waals surface area (Å²) in [6, 6.07) is 14.4. The normalized spacial score (nSPS) is 12.2. The number of thioether (sulfide) groups is 1. The zero-order valence-electron chi connectivity index (χ0n) is 17.4. The highest BCUT2D eigenvalue weighted by Crippen LogP contribution is 2.21. The quantitative estimate of drug-likeness (QED) is 0.361. The van der Waals surface area contributed by atoms with Crippen LogP contribution in [0, 0.1) is 0 Å². The second kappa shape index (κ2) is 10.9. The number of hydrogen-bond acceptors (Lipinski definition) is 7. The Labute approximate surface area is 194 Å². The van der Waals surface area contributed by atoms with E-state index in [0.717, 1.165) is 22.8 Å². The van der Waals surface area contributed by atoms with Crippen LogP contribution >= 0.6 is 23.1 Å². The minimum absolute atomic E-state index is 0.0511. The number of primary sulfonamides is 1. The molecule has 0 saturated heterocycles. The predicted octanol–water partition coefficient (Wildman–Crippen LogP) is 2.66. The summed E-state index contributed by atoms with van der Waals surface area (Å²) in [6.07, 6.45) is 0.952. The van der Waals surface area contributed by atoms with E-state index in [1.165, 1.54) is 30.9 Å². The Morgan fingerprint density at radius 3 is 2.62 bits per heavy atom. The first kappa shape index (κ1) is 24.2. The van der Waals surface area contributed by atoms with Gasteiger partial charge in [0, 0.05) is 12.2 Å². The smallest absolute Gasteiger partial charge is 0.325 e. The number of nitrogens with zero attached hydrogens (tertiary/aromatic N) is 2. The number of nitrogens with two attached hydrogens (primary N) is 1. The number of sulfonamides is 1. The van der Waals surface area contributed by atoms with Crippen LogP contribution in [0.3, 0.4) is 0 Å². The van der Waals surface area contributed by atoms with Gasteiger partial charge in [0.25, 0.3) is 0 Å². The number of carbonyl (C=O) groups excluding carboxylic acids is 2. The van der Waals surface area contributed by atoms with Gasteiger partial charge in [0.05, 0.1) is 22.2 Å². The summed E-state index contributed by atoms with van der Waals surface area (Å²) < 4.78 is 30.1. The van der Waals surface area contributed by atoms with Gasteiger partial charge >= 0.3 is 5.97 Å². The number of amides is 1. The maximum atomic E-state index is 12.4. The van der Waals surface area contributed by atoms with Crippen molar-refractivity contribution in [2.45, 2.75) is 30.0 Å². The highest BCUT2D eigenvalue weighted by atomic mass is 32.2. The van der Waals surface area contributed by atoms with Gasteiger partial charge < -0.3 is 9.30 Å². The zero-order chi connectivity index (χ0) is 23.1. The summed E-state index contributed by atoms with van der Waals surface area (Å²) in [6.45, 7) is -0.149. The fourth-order valence-corrected chi connectivity index (χ4v) is 5.54. The van der Waals surface area contributed by atoms with Gasteiger partial charge in [-0.3, -0.25) is 9.59 Å². The number of carbonyl (C=O) groups is 2. The Bertz CT molecular complexity index is 1280. The largest absolute Gasteiger partial charge is 0.468 e. The number of fused-ring (bicyclic) bond motifs is 1. The molecule has 0 radical (unpaired) electrons. The Hall–Kier alpha value is -2.47. The molecule has 0 unspecified atom stereocenters. The van der Waals surface area contributed by atoms with Gasteiger partial charge in [-0.2, -0.15) is 16.8 Å². The van der Waals surface area contributed by atoms with Gasteiger partial charge in [-0.1, -0.05) is 41.7 Å². The number of methoxy groups -OCH3 is 1. The van der Waals surface area contributed by atoms with Crippen LogP contribution in [0.25, 0.3) is 10.2 Å². The van der Waals surface area contributed by atoms with Crippen molar-refractivity contribution in [2.75, 3.05) is 12.9 Å². The van der Waals surface area contributed by atoms with E-state index in [1.807, 2.05) is 18.2 Å². The molecule has 32 heavy (non-hydrogen) atoms. The molecule has 0 fully saturated rings. The van der Waals surface area contributed by atoms with Crippen molar-refractivity contribution >= 4 is 55.2 Å². The summed E-state index contributed by atoms with van der Waals surface area (Å²) in [4.78, 5) is 28.7. The molecule has 8 nitrogen and oxygen atoms in total. The van der Waals surface area contributed by atoms with E-state index in [1.54, 1.807) is 16.3 Å². The molecule has 1 amide bonds. The number of aromatic nitrogens is 1. The molecule has 2 N–H and O–H groups in total. The van der Waals surface area contributed by atoms with Crippen LogP contribution in [0.1, 0.15) is 18.4 Å². The van der Waals surface area contributed by atoms with Crippen molar-refractivity contribution in [3.8, 4) is 0 Å². The van der Waals surface area contributed by atoms with Crippen molar-refractivity contribution in [1.82, 2.24) is 4.57 Å². The molecular weight excluding hydrogens is 470 g/mol. The molecular formula is C21H23N3O5S3. The molecule has 3 rings (SSSR count). The number of rotatable bonds is 9. The molecule has 11 heteroatoms. The number of hydrogen-bond donors (Lipinski definition) is 1. The lowest BCUT2D eigenvalue weighted by Gasteiger charge is -2.04. The van der Waals surface area contributed by atoms with Crippen LogP contribution in [-0.2, 0) is 36.6 Å². The van der Waals surface area contributed by atoms with Crippen LogP contribution in [-0.4, -0.2) is 37.7 Å². The standard InChI is InChI=1S/C21H23N3O5S3/c1-29-20(26)13-24-17-10-9-16(32(22,27)28)12-18(17)31-21(24)23-19(25)8-5-11-30-14-15-6-3-2-4-7-15/h2-4,6-7,9-10,12H,5,8,11,13-14H2,1H3,(H2,22,27,28). The first-order valence-corrected chi connectivity index (χ1v) is 13.2. The van der Waals surface area contributed by atoms with Crippen LogP contribution in [0.5, 0.6) is 0 Å². The molecule has 3 aromatic rings. The van der Waals surface area contributed by atoms with Crippen molar-refractivity contribution in [1.29, 1.82) is 0 Å². The van der Waals surface area contributed by atoms with Gasteiger partial charge in [0.2, 0.25) is 15.9 Å². The summed E-state index contributed by atoms with van der Waals surface area (Å²) in [5, 5.41) is 5.21. The lowest BCUT2D eigenvalue weighted by molar-refractivity contribution is -0.141. The minimum atomic E-state index is -3.88. The highest BCUT2D eigenvalue weighted by Gasteiger charge is 2.15. The lowest BCUT2D eigenvalue weighted by atomic mass is 10.2. The maximum absolute atomic E-state index is 12.4. The van der Waals surface area contributed by atoms with Crippen LogP contribution < -0.4 is 9.94 Å². The molecule has 0 aliphatic rings. The van der Waals surface area contributed by atoms with Crippen LogP contribution in [0.15, 0.2) is 58.4 Å². The van der Waals surface area contributed by atoms with E-state index in [2.05, 4.69) is 17.1 Å². The molecule has 0 spiro atoms. The third kappa shape index (κ3) is 6.52. The Kier molecular flexibility index (Phi) is 8.24. The molecule has 0 saturated carbocycles. The summed E-state index contributed by atoms with van der Waals surface area (Å²) >= 11 is 2.87. The van der Waals surface area contributed by atoms with Crippen molar-refractivity contribution in [2.24, 2.45) is 10.1 Å². The van der Waals surface area contributed by atoms with E-state index in [4.69, 9.17) is 9.88 Å². The van der Waals surface area contributed by atoms with Crippen LogP contribution in [0.4, 0.5) is 0 Å². The summed E-state index contributed by atoms with van der Waals surface area (Å²) in [5.74, 6) is 0.893. The maximum Gasteiger partial charge on any atom is 0.325 e. The van der Waals surface area contributed by atoms with Gasteiger partial charge in [0.15, 0.2) is 4.80 Å². The molecule has 170 valence electrons. The molecule has 0 aliphatic carbocycles. The van der Waals surface area contributed by atoms with Crippen LogP contribution in [0.2, 0.25) is 0 Å². The van der Waals surface area contributed by atoms with Gasteiger partial charge in [-0.15, -0.1) is 0 Å². The molecule has 0 aliphatic heterocycles. The van der Waals surface area contributed by atoms with E-state index in [0.29, 0.717) is 21.4 Å². The monoisotopic (exact) mass is 493 g/mol. The second-order valence-corrected chi connectivity index (χ2v) is 10.5. The minimum Gasteiger partial charge on any atom is -0.468 e. The Morgan fingerprint density at radius 2 is 1.94 bits per heavy atom. The first-order valence-electron chi connectivity index (χ1n) is 9.70. The third-order valence-electron chi connectivity index (χ3n) is 4.51. The average molecular weight is 494 g/mol. The fourth-order valence-electron chi connectivity index (χ4n) is 2.91. The fraction of sp³-hybridized carbons (Fsp3) is 0.286. The Balaban J connectivity index is 1.74. The number of benzene rings is 2. The molecule has 1 heterocycles. The topological polar surface area (TPSA) is 121 Å². The van der Waals surface area contributed by atoms with Crippen molar-refractivity contribution in [3.05, 3.63) is 58.9 Å². The highest BCUT2D eigenvalue weighted by molar-refractivity contribution is 7.98.